The predicted molar refractivity (Wildman–Crippen MR) is 103 cm³/mol. The average molecular weight is 354 g/mol. The summed E-state index contributed by atoms with van der Waals surface area (Å²) in [6.07, 6.45) is 1.30. The number of aromatic nitrogens is 2. The van der Waals surface area contributed by atoms with Crippen LogP contribution in [0.4, 0.5) is 0 Å². The number of aromatic amines is 1. The summed E-state index contributed by atoms with van der Waals surface area (Å²) >= 11 is 1.60. The normalized spacial score (nSPS) is 23.8. The molecule has 5 heteroatoms. The first-order valence-electron chi connectivity index (χ1n) is 9.00. The molecule has 0 saturated carbocycles. The van der Waals surface area contributed by atoms with Crippen LogP contribution in [0, 0.1) is 11.8 Å². The number of nitrogens with zero attached hydrogens (tertiary/aromatic N) is 1. The van der Waals surface area contributed by atoms with Crippen LogP contribution in [0.2, 0.25) is 0 Å². The summed E-state index contributed by atoms with van der Waals surface area (Å²) in [5.41, 5.74) is 1.12. The van der Waals surface area contributed by atoms with E-state index in [1.165, 1.54) is 11.3 Å². The van der Waals surface area contributed by atoms with E-state index in [1.54, 1.807) is 11.3 Å². The maximum Gasteiger partial charge on any atom is 0.259 e. The second kappa shape index (κ2) is 6.73. The van der Waals surface area contributed by atoms with Gasteiger partial charge in [0, 0.05) is 16.7 Å². The molecule has 1 unspecified atom stereocenters. The maximum atomic E-state index is 12.5. The Morgan fingerprint density at radius 2 is 1.92 bits per heavy atom. The fraction of sp³-hybridized carbons (Fsp3) is 0.400. The lowest BCUT2D eigenvalue weighted by atomic mass is 9.92. The van der Waals surface area contributed by atoms with Gasteiger partial charge in [0.25, 0.3) is 5.56 Å². The van der Waals surface area contributed by atoms with Gasteiger partial charge < -0.3 is 9.88 Å². The third kappa shape index (κ3) is 3.53. The van der Waals surface area contributed by atoms with Gasteiger partial charge in [0.1, 0.15) is 11.4 Å². The first-order valence-corrected chi connectivity index (χ1v) is 9.82. The molecule has 2 aromatic heterocycles. The minimum Gasteiger partial charge on any atom is -0.328 e. The zero-order valence-electron chi connectivity index (χ0n) is 14.7. The molecule has 3 heterocycles. The number of likely N-dealkylation sites (tertiary alicyclic amines) is 1. The minimum absolute atomic E-state index is 0.0177. The van der Waals surface area contributed by atoms with Gasteiger partial charge in [0.15, 0.2) is 5.82 Å². The number of piperidine rings is 1. The van der Waals surface area contributed by atoms with Crippen LogP contribution in [0.15, 0.2) is 41.2 Å². The number of hydrogen-bond acceptors (Lipinski definition) is 3. The zero-order valence-corrected chi connectivity index (χ0v) is 15.5. The fourth-order valence-corrected chi connectivity index (χ4v) is 5.16. The number of quaternary nitrogens is 1. The Bertz CT molecular complexity index is 921. The Morgan fingerprint density at radius 3 is 2.64 bits per heavy atom. The number of thiophene rings is 1. The quantitative estimate of drug-likeness (QED) is 0.760. The number of H-pyrrole nitrogens is 1. The van der Waals surface area contributed by atoms with Crippen LogP contribution >= 0.6 is 11.3 Å². The van der Waals surface area contributed by atoms with E-state index in [9.17, 15) is 4.79 Å². The van der Waals surface area contributed by atoms with Crippen LogP contribution in [-0.2, 0) is 6.54 Å². The molecular weight excluding hydrogens is 330 g/mol. The van der Waals surface area contributed by atoms with Crippen molar-refractivity contribution in [2.45, 2.75) is 26.8 Å². The van der Waals surface area contributed by atoms with Crippen molar-refractivity contribution in [3.63, 3.8) is 0 Å². The molecule has 0 amide bonds. The van der Waals surface area contributed by atoms with Gasteiger partial charge in [-0.2, -0.15) is 0 Å². The molecule has 1 saturated heterocycles. The van der Waals surface area contributed by atoms with Crippen molar-refractivity contribution in [2.75, 3.05) is 13.1 Å². The third-order valence-electron chi connectivity index (χ3n) is 5.01. The molecule has 4 nitrogen and oxygen atoms in total. The van der Waals surface area contributed by atoms with Crippen molar-refractivity contribution in [1.29, 1.82) is 0 Å². The third-order valence-corrected chi connectivity index (χ3v) is 6.08. The van der Waals surface area contributed by atoms with Crippen molar-refractivity contribution in [1.82, 2.24) is 9.97 Å². The lowest BCUT2D eigenvalue weighted by Crippen LogP contribution is -3.13. The van der Waals surface area contributed by atoms with Crippen molar-refractivity contribution in [3.8, 4) is 10.4 Å². The molecule has 4 rings (SSSR count). The van der Waals surface area contributed by atoms with E-state index in [4.69, 9.17) is 4.98 Å². The van der Waals surface area contributed by atoms with E-state index in [2.05, 4.69) is 31.0 Å². The number of benzene rings is 1. The first kappa shape index (κ1) is 16.5. The van der Waals surface area contributed by atoms with Crippen LogP contribution in [0.5, 0.6) is 0 Å². The highest BCUT2D eigenvalue weighted by molar-refractivity contribution is 7.21. The molecule has 2 N–H and O–H groups in total. The molecule has 0 spiro atoms. The van der Waals surface area contributed by atoms with Gasteiger partial charge >= 0.3 is 0 Å². The van der Waals surface area contributed by atoms with Gasteiger partial charge in [0.05, 0.1) is 18.5 Å². The largest absolute Gasteiger partial charge is 0.328 e. The minimum atomic E-state index is -0.0177. The van der Waals surface area contributed by atoms with E-state index in [-0.39, 0.29) is 5.56 Å². The van der Waals surface area contributed by atoms with E-state index in [0.29, 0.717) is 5.39 Å². The lowest BCUT2D eigenvalue weighted by molar-refractivity contribution is -0.926. The summed E-state index contributed by atoms with van der Waals surface area (Å²) in [5, 5.41) is 0.697. The molecule has 0 aliphatic carbocycles. The number of nitrogens with one attached hydrogen (secondary N) is 2. The Balaban J connectivity index is 1.64. The van der Waals surface area contributed by atoms with Crippen LogP contribution in [0.3, 0.4) is 0 Å². The second-order valence-corrected chi connectivity index (χ2v) is 8.52. The SMILES string of the molecule is C[C@@H]1C[C@H](C)C[NH+](Cc2nc3sc(-c4ccccc4)cc3c(=O)[nH]2)C1. The van der Waals surface area contributed by atoms with E-state index < -0.39 is 0 Å². The summed E-state index contributed by atoms with van der Waals surface area (Å²) in [6, 6.07) is 12.1. The summed E-state index contributed by atoms with van der Waals surface area (Å²) in [4.78, 5) is 23.8. The average Bonchev–Trinajstić information content (AvgIpc) is 2.99. The Labute approximate surface area is 151 Å². The van der Waals surface area contributed by atoms with Crippen LogP contribution in [0.1, 0.15) is 26.1 Å². The van der Waals surface area contributed by atoms with Gasteiger partial charge in [-0.25, -0.2) is 4.98 Å². The summed E-state index contributed by atoms with van der Waals surface area (Å²) in [5.74, 6) is 2.29. The van der Waals surface area contributed by atoms with E-state index in [1.807, 2.05) is 24.3 Å². The monoisotopic (exact) mass is 354 g/mol. The Morgan fingerprint density at radius 1 is 1.20 bits per heavy atom. The predicted octanol–water partition coefficient (Wildman–Crippen LogP) is 2.71. The smallest absolute Gasteiger partial charge is 0.259 e. The Hall–Kier alpha value is -1.98. The highest BCUT2D eigenvalue weighted by Crippen LogP contribution is 2.30. The molecular formula is C20H24N3OS+. The fourth-order valence-electron chi connectivity index (χ4n) is 4.11. The Kier molecular flexibility index (Phi) is 4.44. The highest BCUT2D eigenvalue weighted by Gasteiger charge is 2.26. The molecule has 1 aromatic carbocycles. The first-order chi connectivity index (χ1) is 12.1. The standard InChI is InChI=1S/C20H23N3OS/c1-13-8-14(2)11-23(10-13)12-18-21-19(24)16-9-17(25-20(16)22-18)15-6-4-3-5-7-15/h3-7,9,13-14H,8,10-12H2,1-2H3,(H,21,22,24)/p+1/t13-,14+. The number of hydrogen-bond donors (Lipinski definition) is 2. The molecule has 1 aliphatic rings. The topological polar surface area (TPSA) is 50.2 Å². The van der Waals surface area contributed by atoms with Crippen molar-refractivity contribution >= 4 is 21.6 Å². The molecule has 25 heavy (non-hydrogen) atoms. The summed E-state index contributed by atoms with van der Waals surface area (Å²) in [7, 11) is 0. The molecule has 1 aliphatic heterocycles. The zero-order chi connectivity index (χ0) is 17.4. The molecule has 0 radical (unpaired) electrons. The molecule has 3 aromatic rings. The van der Waals surface area contributed by atoms with Crippen LogP contribution in [-0.4, -0.2) is 23.1 Å². The number of rotatable bonds is 3. The van der Waals surface area contributed by atoms with Crippen molar-refractivity contribution < 1.29 is 4.90 Å². The highest BCUT2D eigenvalue weighted by atomic mass is 32.1. The van der Waals surface area contributed by atoms with Crippen molar-refractivity contribution in [2.24, 2.45) is 11.8 Å². The van der Waals surface area contributed by atoms with Crippen LogP contribution < -0.4 is 10.5 Å². The molecule has 130 valence electrons. The van der Waals surface area contributed by atoms with E-state index >= 15 is 0 Å². The van der Waals surface area contributed by atoms with E-state index in [0.717, 1.165) is 52.6 Å². The summed E-state index contributed by atoms with van der Waals surface area (Å²) in [6.45, 7) is 7.76. The molecule has 3 atom stereocenters. The summed E-state index contributed by atoms with van der Waals surface area (Å²) < 4.78 is 0. The van der Waals surface area contributed by atoms with Crippen LogP contribution in [0.25, 0.3) is 20.7 Å². The van der Waals surface area contributed by atoms with Gasteiger partial charge in [0.2, 0.25) is 0 Å². The maximum absolute atomic E-state index is 12.5. The molecule has 1 fully saturated rings. The number of fused-ring (bicyclic) bond motifs is 1. The van der Waals surface area contributed by atoms with Crippen molar-refractivity contribution in [3.05, 3.63) is 52.6 Å². The lowest BCUT2D eigenvalue weighted by Gasteiger charge is -2.31. The van der Waals surface area contributed by atoms with Gasteiger partial charge in [-0.3, -0.25) is 4.79 Å². The van der Waals surface area contributed by atoms with Gasteiger partial charge in [-0.1, -0.05) is 44.2 Å². The second-order valence-electron chi connectivity index (χ2n) is 7.49. The molecule has 0 bridgehead atoms. The van der Waals surface area contributed by atoms with Gasteiger partial charge in [-0.15, -0.1) is 11.3 Å². The van der Waals surface area contributed by atoms with Gasteiger partial charge in [-0.05, 0) is 18.1 Å².